The molecule has 3 heteroatoms. The van der Waals surface area contributed by atoms with Gasteiger partial charge in [0.05, 0.1) is 0 Å². The number of rotatable bonds is 1. The van der Waals surface area contributed by atoms with Crippen molar-refractivity contribution in [2.24, 2.45) is 0 Å². The summed E-state index contributed by atoms with van der Waals surface area (Å²) < 4.78 is 0. The van der Waals surface area contributed by atoms with E-state index in [1.54, 1.807) is 18.5 Å². The monoisotopic (exact) mass is 172 g/mol. The second-order valence-electron chi connectivity index (χ2n) is 2.78. The number of pyridine rings is 1. The minimum Gasteiger partial charge on any atom is -0.398 e. The molecule has 0 radical (unpaired) electrons. The number of carbonyl (C=O) groups excluding carboxylic acids is 1. The first-order chi connectivity index (χ1) is 6.33. The molecule has 0 saturated carbocycles. The van der Waals surface area contributed by atoms with Gasteiger partial charge < -0.3 is 5.73 Å². The van der Waals surface area contributed by atoms with E-state index in [0.29, 0.717) is 11.3 Å². The Morgan fingerprint density at radius 3 is 2.92 bits per heavy atom. The topological polar surface area (TPSA) is 56.0 Å². The molecule has 0 atom stereocenters. The third-order valence-corrected chi connectivity index (χ3v) is 2.02. The van der Waals surface area contributed by atoms with Crippen LogP contribution >= 0.6 is 0 Å². The lowest BCUT2D eigenvalue weighted by Gasteiger charge is -2.02. The average molecular weight is 172 g/mol. The highest BCUT2D eigenvalue weighted by Gasteiger charge is 2.02. The number of hydrogen-bond donors (Lipinski definition) is 1. The van der Waals surface area contributed by atoms with Crippen LogP contribution in [0.1, 0.15) is 10.4 Å². The van der Waals surface area contributed by atoms with Crippen LogP contribution in [-0.2, 0) is 0 Å². The molecular weight excluding hydrogens is 164 g/mol. The SMILES string of the molecule is Nc1ccc2ccncc2c1C=O. The van der Waals surface area contributed by atoms with Gasteiger partial charge in [0.1, 0.15) is 0 Å². The van der Waals surface area contributed by atoms with E-state index in [2.05, 4.69) is 4.98 Å². The van der Waals surface area contributed by atoms with Crippen LogP contribution in [0.25, 0.3) is 10.8 Å². The van der Waals surface area contributed by atoms with Crippen molar-refractivity contribution in [3.8, 4) is 0 Å². The van der Waals surface area contributed by atoms with Gasteiger partial charge in [-0.15, -0.1) is 0 Å². The van der Waals surface area contributed by atoms with Crippen molar-refractivity contribution >= 4 is 22.7 Å². The third kappa shape index (κ3) is 1.14. The standard InChI is InChI=1S/C10H8N2O/c11-10-2-1-7-3-4-12-5-8(7)9(10)6-13/h1-6H,11H2. The van der Waals surface area contributed by atoms with E-state index in [4.69, 9.17) is 5.73 Å². The number of carbonyl (C=O) groups is 1. The van der Waals surface area contributed by atoms with E-state index >= 15 is 0 Å². The van der Waals surface area contributed by atoms with Crippen LogP contribution in [0.5, 0.6) is 0 Å². The molecule has 64 valence electrons. The maximum absolute atomic E-state index is 10.7. The smallest absolute Gasteiger partial charge is 0.152 e. The van der Waals surface area contributed by atoms with Gasteiger partial charge in [-0.2, -0.15) is 0 Å². The van der Waals surface area contributed by atoms with Gasteiger partial charge >= 0.3 is 0 Å². The van der Waals surface area contributed by atoms with Gasteiger partial charge in [0.2, 0.25) is 0 Å². The first-order valence-corrected chi connectivity index (χ1v) is 3.90. The Balaban J connectivity index is 2.91. The lowest BCUT2D eigenvalue weighted by Crippen LogP contribution is -1.93. The van der Waals surface area contributed by atoms with Gasteiger partial charge in [0, 0.05) is 29.0 Å². The molecule has 0 aliphatic heterocycles. The van der Waals surface area contributed by atoms with Crippen molar-refractivity contribution in [3.05, 3.63) is 36.2 Å². The normalized spacial score (nSPS) is 10.2. The summed E-state index contributed by atoms with van der Waals surface area (Å²) in [6.07, 6.45) is 4.10. The zero-order valence-corrected chi connectivity index (χ0v) is 6.90. The zero-order chi connectivity index (χ0) is 9.26. The van der Waals surface area contributed by atoms with Gasteiger partial charge in [-0.05, 0) is 17.5 Å². The number of nitrogen functional groups attached to an aromatic ring is 1. The van der Waals surface area contributed by atoms with E-state index in [0.717, 1.165) is 17.1 Å². The first-order valence-electron chi connectivity index (χ1n) is 3.90. The molecular formula is C10H8N2O. The number of nitrogens with two attached hydrogens (primary N) is 1. The Labute approximate surface area is 75.2 Å². The van der Waals surface area contributed by atoms with Gasteiger partial charge in [0.25, 0.3) is 0 Å². The van der Waals surface area contributed by atoms with Crippen molar-refractivity contribution < 1.29 is 4.79 Å². The molecule has 1 heterocycles. The second kappa shape index (κ2) is 2.86. The highest BCUT2D eigenvalue weighted by Crippen LogP contribution is 2.21. The molecule has 1 aromatic heterocycles. The van der Waals surface area contributed by atoms with Crippen molar-refractivity contribution in [1.29, 1.82) is 0 Å². The number of nitrogens with zero attached hydrogens (tertiary/aromatic N) is 1. The molecule has 13 heavy (non-hydrogen) atoms. The van der Waals surface area contributed by atoms with E-state index in [-0.39, 0.29) is 0 Å². The number of fused-ring (bicyclic) bond motifs is 1. The molecule has 3 nitrogen and oxygen atoms in total. The molecule has 0 aliphatic rings. The molecule has 0 fully saturated rings. The summed E-state index contributed by atoms with van der Waals surface area (Å²) in [7, 11) is 0. The Kier molecular flexibility index (Phi) is 1.70. The zero-order valence-electron chi connectivity index (χ0n) is 6.90. The first kappa shape index (κ1) is 7.73. The summed E-state index contributed by atoms with van der Waals surface area (Å²) in [5.41, 5.74) is 6.65. The maximum Gasteiger partial charge on any atom is 0.152 e. The van der Waals surface area contributed by atoms with Gasteiger partial charge in [-0.25, -0.2) is 0 Å². The Bertz CT molecular complexity index is 465. The molecule has 2 aromatic rings. The molecule has 0 saturated heterocycles. The van der Waals surface area contributed by atoms with E-state index in [1.807, 2.05) is 12.1 Å². The lowest BCUT2D eigenvalue weighted by molar-refractivity contribution is 0.112. The summed E-state index contributed by atoms with van der Waals surface area (Å²) >= 11 is 0. The highest BCUT2D eigenvalue weighted by molar-refractivity contribution is 6.02. The number of benzene rings is 1. The van der Waals surface area contributed by atoms with Crippen LogP contribution in [-0.4, -0.2) is 11.3 Å². The van der Waals surface area contributed by atoms with Crippen LogP contribution in [0.4, 0.5) is 5.69 Å². The minimum atomic E-state index is 0.496. The number of aromatic nitrogens is 1. The second-order valence-corrected chi connectivity index (χ2v) is 2.78. The van der Waals surface area contributed by atoms with Crippen LogP contribution in [0.3, 0.4) is 0 Å². The van der Waals surface area contributed by atoms with Crippen molar-refractivity contribution in [2.45, 2.75) is 0 Å². The Morgan fingerprint density at radius 2 is 2.15 bits per heavy atom. The molecule has 0 unspecified atom stereocenters. The third-order valence-electron chi connectivity index (χ3n) is 2.02. The number of aldehydes is 1. The summed E-state index contributed by atoms with van der Waals surface area (Å²) in [6, 6.07) is 5.45. The fourth-order valence-corrected chi connectivity index (χ4v) is 1.33. The van der Waals surface area contributed by atoms with Crippen molar-refractivity contribution in [3.63, 3.8) is 0 Å². The van der Waals surface area contributed by atoms with E-state index in [9.17, 15) is 4.79 Å². The fourth-order valence-electron chi connectivity index (χ4n) is 1.33. The van der Waals surface area contributed by atoms with Crippen LogP contribution in [0.2, 0.25) is 0 Å². The number of hydrogen-bond acceptors (Lipinski definition) is 3. The Hall–Kier alpha value is -1.90. The maximum atomic E-state index is 10.7. The molecule has 1 aromatic carbocycles. The molecule has 2 rings (SSSR count). The van der Waals surface area contributed by atoms with E-state index < -0.39 is 0 Å². The number of anilines is 1. The molecule has 0 amide bonds. The van der Waals surface area contributed by atoms with Crippen LogP contribution in [0.15, 0.2) is 30.6 Å². The quantitative estimate of drug-likeness (QED) is 0.525. The Morgan fingerprint density at radius 1 is 1.31 bits per heavy atom. The molecule has 0 bridgehead atoms. The van der Waals surface area contributed by atoms with Crippen LogP contribution in [0, 0.1) is 0 Å². The summed E-state index contributed by atoms with van der Waals surface area (Å²) in [4.78, 5) is 14.7. The fraction of sp³-hybridized carbons (Fsp3) is 0. The van der Waals surface area contributed by atoms with Crippen LogP contribution < -0.4 is 5.73 Å². The van der Waals surface area contributed by atoms with Gasteiger partial charge in [-0.1, -0.05) is 6.07 Å². The summed E-state index contributed by atoms with van der Waals surface area (Å²) in [6.45, 7) is 0. The lowest BCUT2D eigenvalue weighted by atomic mass is 10.1. The molecule has 0 aliphatic carbocycles. The largest absolute Gasteiger partial charge is 0.398 e. The predicted octanol–water partition coefficient (Wildman–Crippen LogP) is 1.63. The van der Waals surface area contributed by atoms with Gasteiger partial charge in [-0.3, -0.25) is 9.78 Å². The van der Waals surface area contributed by atoms with E-state index in [1.165, 1.54) is 0 Å². The van der Waals surface area contributed by atoms with Crippen molar-refractivity contribution in [1.82, 2.24) is 4.98 Å². The van der Waals surface area contributed by atoms with Gasteiger partial charge in [0.15, 0.2) is 6.29 Å². The molecule has 0 spiro atoms. The summed E-state index contributed by atoms with van der Waals surface area (Å²) in [5, 5.41) is 1.78. The highest BCUT2D eigenvalue weighted by atomic mass is 16.1. The average Bonchev–Trinajstić information content (AvgIpc) is 2.18. The minimum absolute atomic E-state index is 0.496. The molecule has 2 N–H and O–H groups in total. The summed E-state index contributed by atoms with van der Waals surface area (Å²) in [5.74, 6) is 0. The van der Waals surface area contributed by atoms with Crippen molar-refractivity contribution in [2.75, 3.05) is 5.73 Å². The predicted molar refractivity (Wildman–Crippen MR) is 51.5 cm³/mol.